The van der Waals surface area contributed by atoms with E-state index in [2.05, 4.69) is 0 Å². The van der Waals surface area contributed by atoms with Crippen molar-refractivity contribution >= 4 is 0 Å². The van der Waals surface area contributed by atoms with Crippen LogP contribution in [0.2, 0.25) is 0 Å². The summed E-state index contributed by atoms with van der Waals surface area (Å²) in [5, 5.41) is 10.6. The number of ether oxygens (including phenoxy) is 1. The molecule has 0 aliphatic heterocycles. The molecule has 3 heteroatoms. The average molecular weight is 155 g/mol. The smallest absolute Gasteiger partial charge is 0.181 e. The third-order valence-corrected chi connectivity index (χ3v) is 1.20. The number of halogens is 1. The van der Waals surface area contributed by atoms with Crippen LogP contribution in [0.5, 0.6) is 11.5 Å². The van der Waals surface area contributed by atoms with Crippen molar-refractivity contribution in [1.29, 1.82) is 0 Å². The molecule has 0 aliphatic rings. The van der Waals surface area contributed by atoms with E-state index in [0.717, 1.165) is 6.07 Å². The fraction of sp³-hybridized carbons (Fsp3) is 0.250. The van der Waals surface area contributed by atoms with E-state index < -0.39 is 5.82 Å². The molecule has 0 fully saturated rings. The Labute approximate surface area is 64.2 Å². The Morgan fingerprint density at radius 2 is 2.27 bits per heavy atom. The quantitative estimate of drug-likeness (QED) is 0.644. The van der Waals surface area contributed by atoms with Gasteiger partial charge in [-0.2, -0.15) is 0 Å². The first kappa shape index (κ1) is 7.85. The molecule has 1 aromatic rings. The van der Waals surface area contributed by atoms with Gasteiger partial charge in [-0.25, -0.2) is 4.39 Å². The first-order valence-electron chi connectivity index (χ1n) is 3.33. The van der Waals surface area contributed by atoms with E-state index in [1.54, 1.807) is 6.92 Å². The standard InChI is InChI=1S/C8H8FO2/c1-2-11-8-4-3-6(10)5-7(8)9/h3-5H,2H2,1H3. The Morgan fingerprint density at radius 1 is 1.55 bits per heavy atom. The van der Waals surface area contributed by atoms with E-state index in [9.17, 15) is 9.50 Å². The number of benzene rings is 1. The lowest BCUT2D eigenvalue weighted by molar-refractivity contribution is 0.314. The maximum atomic E-state index is 12.7. The van der Waals surface area contributed by atoms with Gasteiger partial charge < -0.3 is 4.74 Å². The fourth-order valence-corrected chi connectivity index (χ4v) is 0.754. The van der Waals surface area contributed by atoms with Gasteiger partial charge in [0, 0.05) is 6.07 Å². The van der Waals surface area contributed by atoms with Gasteiger partial charge in [0.15, 0.2) is 17.3 Å². The monoisotopic (exact) mass is 155 g/mol. The molecular formula is C8H8FO2. The second-order valence-corrected chi connectivity index (χ2v) is 2.03. The summed E-state index contributed by atoms with van der Waals surface area (Å²) in [5.41, 5.74) is 0. The van der Waals surface area contributed by atoms with Crippen LogP contribution in [0.15, 0.2) is 18.2 Å². The lowest BCUT2D eigenvalue weighted by Gasteiger charge is -2.02. The van der Waals surface area contributed by atoms with Crippen molar-refractivity contribution in [3.8, 4) is 11.5 Å². The summed E-state index contributed by atoms with van der Waals surface area (Å²) in [7, 11) is 0. The molecule has 1 aromatic carbocycles. The van der Waals surface area contributed by atoms with E-state index >= 15 is 0 Å². The minimum atomic E-state index is -0.598. The highest BCUT2D eigenvalue weighted by molar-refractivity contribution is 5.31. The molecule has 1 radical (unpaired) electrons. The lowest BCUT2D eigenvalue weighted by atomic mass is 10.3. The van der Waals surface area contributed by atoms with Gasteiger partial charge in [0.1, 0.15) is 0 Å². The highest BCUT2D eigenvalue weighted by atomic mass is 19.1. The van der Waals surface area contributed by atoms with Crippen molar-refractivity contribution in [2.45, 2.75) is 6.92 Å². The van der Waals surface area contributed by atoms with Crippen molar-refractivity contribution in [3.63, 3.8) is 0 Å². The normalized spacial score (nSPS) is 9.64. The average Bonchev–Trinajstić information content (AvgIpc) is 1.95. The van der Waals surface area contributed by atoms with Gasteiger partial charge in [0.25, 0.3) is 0 Å². The van der Waals surface area contributed by atoms with Crippen LogP contribution in [0.25, 0.3) is 0 Å². The number of hydrogen-bond acceptors (Lipinski definition) is 1. The van der Waals surface area contributed by atoms with Gasteiger partial charge in [-0.05, 0) is 19.1 Å². The van der Waals surface area contributed by atoms with Crippen LogP contribution >= 0.6 is 0 Å². The molecule has 0 saturated heterocycles. The van der Waals surface area contributed by atoms with Crippen LogP contribution in [0.3, 0.4) is 0 Å². The summed E-state index contributed by atoms with van der Waals surface area (Å²) in [5.74, 6) is -0.808. The van der Waals surface area contributed by atoms with E-state index in [0.29, 0.717) is 6.61 Å². The predicted octanol–water partition coefficient (Wildman–Crippen LogP) is 2.37. The van der Waals surface area contributed by atoms with E-state index in [1.165, 1.54) is 12.1 Å². The van der Waals surface area contributed by atoms with Gasteiger partial charge in [0.05, 0.1) is 6.61 Å². The first-order chi connectivity index (χ1) is 5.24. The Kier molecular flexibility index (Phi) is 2.31. The zero-order valence-corrected chi connectivity index (χ0v) is 6.13. The highest BCUT2D eigenvalue weighted by Crippen LogP contribution is 2.21. The van der Waals surface area contributed by atoms with Crippen LogP contribution in [0.4, 0.5) is 4.39 Å². The third-order valence-electron chi connectivity index (χ3n) is 1.20. The predicted molar refractivity (Wildman–Crippen MR) is 37.7 cm³/mol. The van der Waals surface area contributed by atoms with E-state index in [1.807, 2.05) is 0 Å². The summed E-state index contributed by atoms with van der Waals surface area (Å²) in [4.78, 5) is 0. The molecule has 11 heavy (non-hydrogen) atoms. The molecule has 2 nitrogen and oxygen atoms in total. The molecule has 0 amide bonds. The molecule has 0 heterocycles. The van der Waals surface area contributed by atoms with Gasteiger partial charge in [0.2, 0.25) is 0 Å². The van der Waals surface area contributed by atoms with Gasteiger partial charge in [-0.15, -0.1) is 0 Å². The van der Waals surface area contributed by atoms with Crippen LogP contribution in [0.1, 0.15) is 6.92 Å². The third kappa shape index (κ3) is 1.83. The molecule has 0 saturated carbocycles. The molecule has 0 bridgehead atoms. The summed E-state index contributed by atoms with van der Waals surface area (Å²) in [6, 6.07) is 3.51. The minimum Gasteiger partial charge on any atom is -0.491 e. The molecule has 0 aliphatic carbocycles. The summed E-state index contributed by atoms with van der Waals surface area (Å²) >= 11 is 0. The zero-order valence-electron chi connectivity index (χ0n) is 6.13. The second kappa shape index (κ2) is 3.23. The molecule has 0 spiro atoms. The second-order valence-electron chi connectivity index (χ2n) is 2.03. The van der Waals surface area contributed by atoms with E-state index in [4.69, 9.17) is 4.74 Å². The highest BCUT2D eigenvalue weighted by Gasteiger charge is 2.03. The summed E-state index contributed by atoms with van der Waals surface area (Å²) in [6.07, 6.45) is 0. The Bertz CT molecular complexity index is 248. The Balaban J connectivity index is 2.90. The minimum absolute atomic E-state index is 0.132. The number of rotatable bonds is 2. The molecular weight excluding hydrogens is 147 g/mol. The Morgan fingerprint density at radius 3 is 2.82 bits per heavy atom. The topological polar surface area (TPSA) is 29.1 Å². The largest absolute Gasteiger partial charge is 0.491 e. The van der Waals surface area contributed by atoms with Crippen molar-refractivity contribution < 1.29 is 14.2 Å². The molecule has 0 aromatic heterocycles. The van der Waals surface area contributed by atoms with Crippen molar-refractivity contribution in [2.75, 3.05) is 6.61 Å². The van der Waals surface area contributed by atoms with Gasteiger partial charge in [-0.1, -0.05) is 0 Å². The van der Waals surface area contributed by atoms with Gasteiger partial charge >= 0.3 is 0 Å². The molecule has 0 unspecified atom stereocenters. The molecule has 0 N–H and O–H groups in total. The van der Waals surface area contributed by atoms with Crippen LogP contribution in [-0.4, -0.2) is 6.61 Å². The van der Waals surface area contributed by atoms with Gasteiger partial charge in [-0.3, -0.25) is 5.11 Å². The van der Waals surface area contributed by atoms with E-state index in [-0.39, 0.29) is 11.5 Å². The molecule has 1 rings (SSSR count). The fourth-order valence-electron chi connectivity index (χ4n) is 0.754. The van der Waals surface area contributed by atoms with Crippen LogP contribution in [0, 0.1) is 5.82 Å². The lowest BCUT2D eigenvalue weighted by Crippen LogP contribution is -1.93. The van der Waals surface area contributed by atoms with Crippen molar-refractivity contribution in [2.24, 2.45) is 0 Å². The maximum Gasteiger partial charge on any atom is 0.181 e. The van der Waals surface area contributed by atoms with Crippen molar-refractivity contribution in [1.82, 2.24) is 0 Å². The zero-order chi connectivity index (χ0) is 8.27. The van der Waals surface area contributed by atoms with Crippen molar-refractivity contribution in [3.05, 3.63) is 24.0 Å². The first-order valence-corrected chi connectivity index (χ1v) is 3.33. The molecule has 0 atom stereocenters. The SMILES string of the molecule is CCOc1ccc([O])cc1F. The molecule has 59 valence electrons. The summed E-state index contributed by atoms with van der Waals surface area (Å²) < 4.78 is 17.6. The van der Waals surface area contributed by atoms with Crippen LogP contribution < -0.4 is 4.74 Å². The maximum absolute atomic E-state index is 12.7. The van der Waals surface area contributed by atoms with Crippen LogP contribution in [-0.2, 0) is 5.11 Å². The summed E-state index contributed by atoms with van der Waals surface area (Å²) in [6.45, 7) is 2.15. The number of hydrogen-bond donors (Lipinski definition) is 0. The Hall–Kier alpha value is -1.25.